The van der Waals surface area contributed by atoms with Gasteiger partial charge in [0.05, 0.1) is 47.8 Å². The first-order chi connectivity index (χ1) is 18.5. The third-order valence-electron chi connectivity index (χ3n) is 6.90. The number of imidazole rings is 1. The number of amides is 2. The average molecular weight is 536 g/mol. The summed E-state index contributed by atoms with van der Waals surface area (Å²) < 4.78 is 13.6. The predicted molar refractivity (Wildman–Crippen MR) is 146 cm³/mol. The highest BCUT2D eigenvalue weighted by atomic mass is 32.1. The van der Waals surface area contributed by atoms with E-state index in [9.17, 15) is 4.79 Å². The molecule has 1 aliphatic rings. The van der Waals surface area contributed by atoms with Gasteiger partial charge in [-0.05, 0) is 51.7 Å². The number of hydrogen-bond acceptors (Lipinski definition) is 8. The number of carbonyl (C=O) groups is 1. The topological polar surface area (TPSA) is 107 Å². The van der Waals surface area contributed by atoms with Gasteiger partial charge in [0.1, 0.15) is 0 Å². The van der Waals surface area contributed by atoms with Gasteiger partial charge in [0, 0.05) is 36.7 Å². The second-order valence-corrected chi connectivity index (χ2v) is 10.4. The molecule has 4 bridgehead atoms. The van der Waals surface area contributed by atoms with Gasteiger partial charge in [-0.25, -0.2) is 24.7 Å². The molecule has 0 radical (unpaired) electrons. The Balaban J connectivity index is 1.56. The number of ether oxygens (including phenoxy) is 2. The van der Waals surface area contributed by atoms with Gasteiger partial charge in [-0.15, -0.1) is 11.3 Å². The van der Waals surface area contributed by atoms with Gasteiger partial charge in [0.15, 0.2) is 0 Å². The Morgan fingerprint density at radius 1 is 1.24 bits per heavy atom. The molecule has 11 heteroatoms. The Hall–Kier alpha value is -3.73. The highest BCUT2D eigenvalue weighted by Gasteiger charge is 2.26. The van der Waals surface area contributed by atoms with Gasteiger partial charge in [0.2, 0.25) is 11.5 Å². The van der Waals surface area contributed by atoms with Gasteiger partial charge in [-0.1, -0.05) is 6.42 Å². The fraction of sp³-hybridized carbons (Fsp3) is 0.444. The minimum Gasteiger partial charge on any atom is -0.481 e. The molecule has 0 unspecified atom stereocenters. The van der Waals surface area contributed by atoms with Crippen molar-refractivity contribution in [2.75, 3.05) is 20.3 Å². The molecule has 5 heterocycles. The van der Waals surface area contributed by atoms with E-state index in [1.54, 1.807) is 30.8 Å². The van der Waals surface area contributed by atoms with E-state index in [0.29, 0.717) is 41.8 Å². The van der Waals surface area contributed by atoms with E-state index in [2.05, 4.69) is 20.3 Å². The van der Waals surface area contributed by atoms with E-state index in [1.807, 2.05) is 53.9 Å². The third kappa shape index (κ3) is 5.28. The van der Waals surface area contributed by atoms with Crippen LogP contribution in [0.4, 0.5) is 4.79 Å². The van der Waals surface area contributed by atoms with Crippen LogP contribution in [0.25, 0.3) is 16.9 Å². The highest BCUT2D eigenvalue weighted by Crippen LogP contribution is 2.33. The molecule has 5 rings (SSSR count). The molecule has 0 spiro atoms. The minimum atomic E-state index is -0.238. The van der Waals surface area contributed by atoms with Crippen molar-refractivity contribution in [3.05, 3.63) is 52.5 Å². The highest BCUT2D eigenvalue weighted by molar-refractivity contribution is 7.09. The van der Waals surface area contributed by atoms with Crippen molar-refractivity contribution in [1.82, 2.24) is 34.6 Å². The summed E-state index contributed by atoms with van der Waals surface area (Å²) in [5.41, 5.74) is 3.81. The van der Waals surface area contributed by atoms with Gasteiger partial charge < -0.3 is 24.1 Å². The first-order valence-electron chi connectivity index (χ1n) is 13.0. The number of carbonyl (C=O) groups excluding carboxylic acids is 1. The van der Waals surface area contributed by atoms with E-state index in [-0.39, 0.29) is 18.1 Å². The Morgan fingerprint density at radius 2 is 2.11 bits per heavy atom. The lowest BCUT2D eigenvalue weighted by Gasteiger charge is -2.30. The number of aromatic nitrogens is 5. The summed E-state index contributed by atoms with van der Waals surface area (Å²) >= 11 is 1.60. The molecule has 1 aliphatic heterocycles. The van der Waals surface area contributed by atoms with E-state index in [0.717, 1.165) is 41.9 Å². The quantitative estimate of drug-likeness (QED) is 0.377. The number of fused-ring (bicyclic) bond motifs is 7. The molecule has 2 atom stereocenters. The zero-order chi connectivity index (χ0) is 26.6. The molecule has 2 amide bonds. The second kappa shape index (κ2) is 11.3. The summed E-state index contributed by atoms with van der Waals surface area (Å²) in [6.07, 6.45) is 10.8. The maximum atomic E-state index is 13.6. The number of hydrogen-bond donors (Lipinski definition) is 1. The molecule has 0 saturated carbocycles. The van der Waals surface area contributed by atoms with E-state index < -0.39 is 0 Å². The Kier molecular flexibility index (Phi) is 7.73. The van der Waals surface area contributed by atoms with Gasteiger partial charge in [0.25, 0.3) is 5.88 Å². The molecule has 0 aromatic carbocycles. The number of pyridine rings is 1. The fourth-order valence-electron chi connectivity index (χ4n) is 4.81. The summed E-state index contributed by atoms with van der Waals surface area (Å²) in [4.78, 5) is 33.9. The summed E-state index contributed by atoms with van der Waals surface area (Å²) in [6.45, 7) is 7.03. The predicted octanol–water partition coefficient (Wildman–Crippen LogP) is 5.35. The smallest absolute Gasteiger partial charge is 0.318 e. The second-order valence-electron chi connectivity index (χ2n) is 9.37. The zero-order valence-corrected chi connectivity index (χ0v) is 23.0. The van der Waals surface area contributed by atoms with Crippen LogP contribution in [0, 0.1) is 6.92 Å². The number of methoxy groups -OCH3 is 1. The van der Waals surface area contributed by atoms with E-state index in [1.165, 1.54) is 0 Å². The first-order valence-corrected chi connectivity index (χ1v) is 13.9. The lowest BCUT2D eigenvalue weighted by Crippen LogP contribution is -2.43. The van der Waals surface area contributed by atoms with Crippen LogP contribution in [-0.4, -0.2) is 55.5 Å². The van der Waals surface area contributed by atoms with Crippen LogP contribution in [0.1, 0.15) is 67.9 Å². The van der Waals surface area contributed by atoms with Gasteiger partial charge in [-0.2, -0.15) is 0 Å². The minimum absolute atomic E-state index is 0.124. The van der Waals surface area contributed by atoms with Crippen molar-refractivity contribution >= 4 is 23.0 Å². The molecule has 10 nitrogen and oxygen atoms in total. The molecule has 4 aromatic rings. The van der Waals surface area contributed by atoms with Crippen LogP contribution in [0.3, 0.4) is 0 Å². The lowest BCUT2D eigenvalue weighted by molar-refractivity contribution is 0.177. The van der Waals surface area contributed by atoms with Crippen molar-refractivity contribution in [3.8, 4) is 23.0 Å². The van der Waals surface area contributed by atoms with Crippen LogP contribution in [0.5, 0.6) is 11.8 Å². The normalized spacial score (nSPS) is 19.1. The van der Waals surface area contributed by atoms with Crippen LogP contribution in [0.2, 0.25) is 0 Å². The molecule has 0 saturated heterocycles. The maximum Gasteiger partial charge on any atom is 0.318 e. The fourth-order valence-corrected chi connectivity index (χ4v) is 5.47. The monoisotopic (exact) mass is 535 g/mol. The summed E-state index contributed by atoms with van der Waals surface area (Å²) in [6, 6.07) is 1.47. The number of thiazole rings is 1. The largest absolute Gasteiger partial charge is 0.481 e. The average Bonchev–Trinajstić information content (AvgIpc) is 3.58. The lowest BCUT2D eigenvalue weighted by atomic mass is 10.0. The molecule has 200 valence electrons. The first kappa shape index (κ1) is 25.9. The molecular weight excluding hydrogens is 502 g/mol. The van der Waals surface area contributed by atoms with Crippen LogP contribution < -0.4 is 14.8 Å². The standard InChI is InChI=1S/C27H33N7O3S/c1-5-34-17(2)19-13-20(25(36-4)29-14-19)22-15-33-11-10-28-24(33)26(31-22)37-12-8-6-7-9-21(32-27(34)35)23-16-38-18(3)30-23/h10-11,13-17,21H,5-9,12H2,1-4H3,(H,32,35)/t17-,21-/m1/s1. The molecule has 0 fully saturated rings. The SMILES string of the molecule is CCN1C(=O)N[C@@H](c2csc(C)n2)CCCCCOc2nc(cn3ccnc23)-c2cc(cnc2OC)[C@H]1C. The van der Waals surface area contributed by atoms with Crippen molar-refractivity contribution in [2.45, 2.75) is 58.5 Å². The van der Waals surface area contributed by atoms with Crippen molar-refractivity contribution in [1.29, 1.82) is 0 Å². The molecule has 0 aliphatic carbocycles. The maximum absolute atomic E-state index is 13.6. The Bertz CT molecular complexity index is 1420. The zero-order valence-electron chi connectivity index (χ0n) is 22.2. The van der Waals surface area contributed by atoms with Crippen molar-refractivity contribution in [2.24, 2.45) is 0 Å². The van der Waals surface area contributed by atoms with E-state index in [4.69, 9.17) is 14.5 Å². The number of nitrogens with one attached hydrogen (secondary N) is 1. The molecular formula is C27H33N7O3S. The third-order valence-corrected chi connectivity index (χ3v) is 7.70. The summed E-state index contributed by atoms with van der Waals surface area (Å²) in [5, 5.41) is 6.29. The van der Waals surface area contributed by atoms with Crippen LogP contribution >= 0.6 is 11.3 Å². The molecule has 38 heavy (non-hydrogen) atoms. The molecule has 1 N–H and O–H groups in total. The Morgan fingerprint density at radius 3 is 2.87 bits per heavy atom. The summed E-state index contributed by atoms with van der Waals surface area (Å²) in [5.74, 6) is 0.920. The van der Waals surface area contributed by atoms with Crippen LogP contribution in [-0.2, 0) is 0 Å². The van der Waals surface area contributed by atoms with Crippen LogP contribution in [0.15, 0.2) is 36.2 Å². The van der Waals surface area contributed by atoms with Crippen molar-refractivity contribution < 1.29 is 14.3 Å². The van der Waals surface area contributed by atoms with Gasteiger partial charge >= 0.3 is 6.03 Å². The number of aryl methyl sites for hydroxylation is 1. The van der Waals surface area contributed by atoms with E-state index >= 15 is 0 Å². The molecule has 4 aromatic heterocycles. The number of nitrogens with zero attached hydrogens (tertiary/aromatic N) is 6. The van der Waals surface area contributed by atoms with Crippen molar-refractivity contribution in [3.63, 3.8) is 0 Å². The van der Waals surface area contributed by atoms with Gasteiger partial charge in [-0.3, -0.25) is 0 Å². The summed E-state index contributed by atoms with van der Waals surface area (Å²) in [7, 11) is 1.59. The number of rotatable bonds is 3. The Labute approximate surface area is 226 Å². The number of urea groups is 1.